The molecular formula is C16H11ClFN3O4. The Kier molecular flexibility index (Phi) is 4.62. The van der Waals surface area contributed by atoms with Crippen LogP contribution >= 0.6 is 11.6 Å². The van der Waals surface area contributed by atoms with Crippen LogP contribution in [0.25, 0.3) is 11.4 Å². The number of nitrogens with zero attached hydrogens (tertiary/aromatic N) is 3. The zero-order chi connectivity index (χ0) is 18.0. The smallest absolute Gasteiger partial charge is 0.271 e. The molecule has 0 aliphatic heterocycles. The van der Waals surface area contributed by atoms with E-state index in [0.29, 0.717) is 11.1 Å². The number of hydrogen-bond donors (Lipinski definition) is 0. The number of rotatable bonds is 5. The highest BCUT2D eigenvalue weighted by Gasteiger charge is 2.13. The summed E-state index contributed by atoms with van der Waals surface area (Å²) in [7, 11) is 0. The minimum Gasteiger partial charge on any atom is -0.482 e. The average molecular weight is 364 g/mol. The number of halogens is 2. The molecule has 0 atom stereocenters. The van der Waals surface area contributed by atoms with E-state index in [0.717, 1.165) is 0 Å². The van der Waals surface area contributed by atoms with Crippen LogP contribution in [0, 0.1) is 22.9 Å². The third kappa shape index (κ3) is 3.74. The van der Waals surface area contributed by atoms with Crippen LogP contribution in [0.5, 0.6) is 5.75 Å². The minimum atomic E-state index is -0.555. The zero-order valence-corrected chi connectivity index (χ0v) is 13.7. The number of aryl methyl sites for hydroxylation is 1. The highest BCUT2D eigenvalue weighted by atomic mass is 35.5. The van der Waals surface area contributed by atoms with E-state index < -0.39 is 4.92 Å². The second-order valence-electron chi connectivity index (χ2n) is 5.14. The van der Waals surface area contributed by atoms with Crippen molar-refractivity contribution in [2.45, 2.75) is 13.5 Å². The van der Waals surface area contributed by atoms with Crippen LogP contribution in [-0.4, -0.2) is 15.1 Å². The summed E-state index contributed by atoms with van der Waals surface area (Å²) in [6.45, 7) is 1.57. The Balaban J connectivity index is 1.71. The van der Waals surface area contributed by atoms with Crippen molar-refractivity contribution in [3.8, 4) is 17.1 Å². The summed E-state index contributed by atoms with van der Waals surface area (Å²) in [5.74, 6) is 0.267. The molecule has 3 aromatic rings. The Morgan fingerprint density at radius 3 is 2.80 bits per heavy atom. The molecule has 0 aliphatic carbocycles. The van der Waals surface area contributed by atoms with E-state index >= 15 is 0 Å². The maximum atomic E-state index is 13.6. The molecule has 0 N–H and O–H groups in total. The molecule has 3 rings (SSSR count). The van der Waals surface area contributed by atoms with Crippen LogP contribution in [0.4, 0.5) is 10.1 Å². The maximum absolute atomic E-state index is 13.6. The predicted octanol–water partition coefficient (Wildman–Crippen LogP) is 4.32. The largest absolute Gasteiger partial charge is 0.482 e. The monoisotopic (exact) mass is 363 g/mol. The summed E-state index contributed by atoms with van der Waals surface area (Å²) in [5.41, 5.74) is 0.855. The third-order valence-corrected chi connectivity index (χ3v) is 3.67. The fourth-order valence-electron chi connectivity index (χ4n) is 2.02. The van der Waals surface area contributed by atoms with Crippen molar-refractivity contribution in [1.82, 2.24) is 10.1 Å². The first-order chi connectivity index (χ1) is 11.9. The first-order valence-corrected chi connectivity index (χ1v) is 7.47. The van der Waals surface area contributed by atoms with Crippen molar-refractivity contribution < 1.29 is 18.6 Å². The van der Waals surface area contributed by atoms with Gasteiger partial charge >= 0.3 is 0 Å². The van der Waals surface area contributed by atoms with Crippen molar-refractivity contribution >= 4 is 17.3 Å². The van der Waals surface area contributed by atoms with E-state index in [9.17, 15) is 14.5 Å². The van der Waals surface area contributed by atoms with Crippen LogP contribution < -0.4 is 4.74 Å². The molecule has 7 nitrogen and oxygen atoms in total. The van der Waals surface area contributed by atoms with Crippen LogP contribution in [0.1, 0.15) is 11.5 Å². The van der Waals surface area contributed by atoms with Crippen LogP contribution in [0.3, 0.4) is 0 Å². The second kappa shape index (κ2) is 6.86. The average Bonchev–Trinajstić information content (AvgIpc) is 3.05. The molecule has 1 aromatic heterocycles. The van der Waals surface area contributed by atoms with Gasteiger partial charge in [0.25, 0.3) is 11.6 Å². The molecule has 0 amide bonds. The van der Waals surface area contributed by atoms with E-state index in [1.54, 1.807) is 19.1 Å². The third-order valence-electron chi connectivity index (χ3n) is 3.38. The summed E-state index contributed by atoms with van der Waals surface area (Å²) in [4.78, 5) is 14.2. The predicted molar refractivity (Wildman–Crippen MR) is 86.9 cm³/mol. The summed E-state index contributed by atoms with van der Waals surface area (Å²) < 4.78 is 24.1. The summed E-state index contributed by atoms with van der Waals surface area (Å²) in [5, 5.41) is 14.5. The number of nitro benzene ring substituents is 1. The highest BCUT2D eigenvalue weighted by Crippen LogP contribution is 2.29. The van der Waals surface area contributed by atoms with E-state index in [4.69, 9.17) is 20.9 Å². The van der Waals surface area contributed by atoms with Crippen LogP contribution in [0.2, 0.25) is 5.02 Å². The van der Waals surface area contributed by atoms with Gasteiger partial charge in [0, 0.05) is 17.7 Å². The molecule has 2 aromatic carbocycles. The second-order valence-corrected chi connectivity index (χ2v) is 5.54. The summed E-state index contributed by atoms with van der Waals surface area (Å²) >= 11 is 5.94. The van der Waals surface area contributed by atoms with Gasteiger partial charge in [0.15, 0.2) is 6.61 Å². The van der Waals surface area contributed by atoms with Crippen molar-refractivity contribution in [3.63, 3.8) is 0 Å². The van der Waals surface area contributed by atoms with Gasteiger partial charge in [-0.1, -0.05) is 28.9 Å². The molecule has 0 spiro atoms. The fraction of sp³-hybridized carbons (Fsp3) is 0.125. The lowest BCUT2D eigenvalue weighted by atomic mass is 10.1. The lowest BCUT2D eigenvalue weighted by Crippen LogP contribution is -1.97. The van der Waals surface area contributed by atoms with E-state index in [1.807, 2.05) is 0 Å². The SMILES string of the molecule is Cc1ccc(-c2noc(COc3ccc([N+](=O)[O-])cc3Cl)n2)cc1F. The molecule has 128 valence electrons. The number of aromatic nitrogens is 2. The summed E-state index contributed by atoms with van der Waals surface area (Å²) in [6, 6.07) is 8.46. The van der Waals surface area contributed by atoms with Gasteiger partial charge in [-0.05, 0) is 24.6 Å². The van der Waals surface area contributed by atoms with Gasteiger partial charge in [0.1, 0.15) is 11.6 Å². The lowest BCUT2D eigenvalue weighted by molar-refractivity contribution is -0.384. The van der Waals surface area contributed by atoms with E-state index in [2.05, 4.69) is 10.1 Å². The van der Waals surface area contributed by atoms with Crippen LogP contribution in [-0.2, 0) is 6.61 Å². The van der Waals surface area contributed by atoms with Gasteiger partial charge < -0.3 is 9.26 Å². The quantitative estimate of drug-likeness (QED) is 0.495. The van der Waals surface area contributed by atoms with Crippen molar-refractivity contribution in [2.24, 2.45) is 0 Å². The van der Waals surface area contributed by atoms with Gasteiger partial charge in [-0.2, -0.15) is 4.98 Å². The Labute approximate surface area is 146 Å². The summed E-state index contributed by atoms with van der Waals surface area (Å²) in [6.07, 6.45) is 0. The minimum absolute atomic E-state index is 0.0844. The molecule has 9 heteroatoms. The Bertz CT molecular complexity index is 945. The molecule has 25 heavy (non-hydrogen) atoms. The number of non-ortho nitro benzene ring substituents is 1. The van der Waals surface area contributed by atoms with Crippen molar-refractivity contribution in [3.05, 3.63) is 68.8 Å². The Morgan fingerprint density at radius 2 is 2.12 bits per heavy atom. The van der Waals surface area contributed by atoms with E-state index in [1.165, 1.54) is 24.3 Å². The lowest BCUT2D eigenvalue weighted by Gasteiger charge is -2.04. The van der Waals surface area contributed by atoms with Gasteiger partial charge in [-0.15, -0.1) is 0 Å². The normalized spacial score (nSPS) is 10.7. The van der Waals surface area contributed by atoms with Crippen LogP contribution in [0.15, 0.2) is 40.9 Å². The highest BCUT2D eigenvalue weighted by molar-refractivity contribution is 6.32. The molecule has 0 unspecified atom stereocenters. The van der Waals surface area contributed by atoms with Gasteiger partial charge in [0.2, 0.25) is 5.82 Å². The molecular weight excluding hydrogens is 353 g/mol. The maximum Gasteiger partial charge on any atom is 0.271 e. The molecule has 0 saturated heterocycles. The van der Waals surface area contributed by atoms with Gasteiger partial charge in [-0.25, -0.2) is 4.39 Å². The fourth-order valence-corrected chi connectivity index (χ4v) is 2.25. The standard InChI is InChI=1S/C16H11ClFN3O4/c1-9-2-3-10(6-13(9)18)16-19-15(25-20-16)8-24-14-5-4-11(21(22)23)7-12(14)17/h2-7H,8H2,1H3. The Morgan fingerprint density at radius 1 is 1.32 bits per heavy atom. The van der Waals surface area contributed by atoms with Crippen molar-refractivity contribution in [1.29, 1.82) is 0 Å². The van der Waals surface area contributed by atoms with Gasteiger partial charge in [0.05, 0.1) is 9.95 Å². The van der Waals surface area contributed by atoms with E-state index in [-0.39, 0.29) is 40.6 Å². The number of ether oxygens (including phenoxy) is 1. The zero-order valence-electron chi connectivity index (χ0n) is 12.9. The molecule has 0 saturated carbocycles. The Hall–Kier alpha value is -3.00. The first-order valence-electron chi connectivity index (χ1n) is 7.10. The first kappa shape index (κ1) is 16.8. The molecule has 1 heterocycles. The number of hydrogen-bond acceptors (Lipinski definition) is 6. The molecule has 0 fully saturated rings. The molecule has 0 aliphatic rings. The number of benzene rings is 2. The topological polar surface area (TPSA) is 91.3 Å². The molecule has 0 radical (unpaired) electrons. The number of nitro groups is 1. The van der Waals surface area contributed by atoms with Crippen molar-refractivity contribution in [2.75, 3.05) is 0 Å². The van der Waals surface area contributed by atoms with Gasteiger partial charge in [-0.3, -0.25) is 10.1 Å². The molecule has 0 bridgehead atoms.